The van der Waals surface area contributed by atoms with Crippen molar-refractivity contribution in [3.05, 3.63) is 31.7 Å². The molecule has 0 N–H and O–H groups in total. The third kappa shape index (κ3) is 1.62. The molecule has 0 aliphatic rings. The first kappa shape index (κ1) is 9.95. The Morgan fingerprint density at radius 1 is 1.00 bits per heavy atom. The normalized spacial score (nSPS) is 9.58. The minimum absolute atomic E-state index is 0.113. The average molecular weight is 241 g/mol. The fourth-order valence-corrected chi connectivity index (χ4v) is 1.50. The molecule has 0 aliphatic carbocycles. The van der Waals surface area contributed by atoms with Crippen molar-refractivity contribution in [3.63, 3.8) is 0 Å². The highest BCUT2D eigenvalue weighted by Gasteiger charge is 2.12. The first-order valence-electron chi connectivity index (χ1n) is 2.81. The van der Waals surface area contributed by atoms with E-state index in [1.54, 1.807) is 0 Å². The molecule has 1 nitrogen and oxygen atoms in total. The van der Waals surface area contributed by atoms with Gasteiger partial charge in [-0.1, -0.05) is 46.4 Å². The van der Waals surface area contributed by atoms with Gasteiger partial charge in [-0.3, -0.25) is 0 Å². The van der Waals surface area contributed by atoms with Gasteiger partial charge in [-0.15, -0.1) is 0 Å². The second-order valence-corrected chi connectivity index (χ2v) is 3.50. The molecule has 0 spiro atoms. The Balaban J connectivity index is 3.52. The van der Waals surface area contributed by atoms with Gasteiger partial charge < -0.3 is 0 Å². The summed E-state index contributed by atoms with van der Waals surface area (Å²) >= 11 is 22.6. The largest absolute Gasteiger partial charge is 0.192 e. The summed E-state index contributed by atoms with van der Waals surface area (Å²) in [5, 5.41) is 9.20. The zero-order chi connectivity index (χ0) is 9.30. The molecule has 0 saturated heterocycles. The molecule has 0 bridgehead atoms. The number of hydrogen-bond donors (Lipinski definition) is 0. The Bertz CT molecular complexity index is 367. The molecule has 0 radical (unpaired) electrons. The molecule has 0 amide bonds. The summed E-state index contributed by atoms with van der Waals surface area (Å²) in [6.45, 7) is 0. The topological polar surface area (TPSA) is 23.8 Å². The van der Waals surface area contributed by atoms with Crippen molar-refractivity contribution in [1.29, 1.82) is 5.26 Å². The second kappa shape index (κ2) is 3.72. The van der Waals surface area contributed by atoms with Crippen molar-refractivity contribution in [2.75, 3.05) is 0 Å². The van der Waals surface area contributed by atoms with E-state index in [2.05, 4.69) is 0 Å². The molecule has 1 aromatic carbocycles. The standard InChI is InChI=1S/C7HCl4N/c8-4-1-3(2-12)5(9)7(11)6(4)10/h1H. The zero-order valence-electron chi connectivity index (χ0n) is 5.54. The highest BCUT2D eigenvalue weighted by atomic mass is 35.5. The number of hydrogen-bond acceptors (Lipinski definition) is 1. The highest BCUT2D eigenvalue weighted by molar-refractivity contribution is 6.52. The number of nitriles is 1. The van der Waals surface area contributed by atoms with Crippen LogP contribution in [0.2, 0.25) is 20.1 Å². The fourth-order valence-electron chi connectivity index (χ4n) is 0.654. The van der Waals surface area contributed by atoms with Crippen molar-refractivity contribution < 1.29 is 0 Å². The first-order chi connectivity index (χ1) is 5.57. The van der Waals surface area contributed by atoms with E-state index in [9.17, 15) is 0 Å². The van der Waals surface area contributed by atoms with E-state index in [1.165, 1.54) is 6.07 Å². The molecule has 1 rings (SSSR count). The average Bonchev–Trinajstić information content (AvgIpc) is 2.08. The van der Waals surface area contributed by atoms with Crippen molar-refractivity contribution in [2.24, 2.45) is 0 Å². The smallest absolute Gasteiger partial charge is 0.101 e. The minimum Gasteiger partial charge on any atom is -0.192 e. The number of rotatable bonds is 0. The lowest BCUT2D eigenvalue weighted by molar-refractivity contribution is 1.48. The van der Waals surface area contributed by atoms with Crippen LogP contribution in [0.1, 0.15) is 5.56 Å². The lowest BCUT2D eigenvalue weighted by atomic mass is 10.2. The Morgan fingerprint density at radius 3 is 2.08 bits per heavy atom. The lowest BCUT2D eigenvalue weighted by Crippen LogP contribution is -1.81. The fraction of sp³-hybridized carbons (Fsp3) is 0. The van der Waals surface area contributed by atoms with Crippen LogP contribution in [-0.4, -0.2) is 0 Å². The number of halogens is 4. The molecular formula is C7HCl4N. The van der Waals surface area contributed by atoms with Gasteiger partial charge in [-0.2, -0.15) is 5.26 Å². The monoisotopic (exact) mass is 239 g/mol. The molecule has 62 valence electrons. The molecule has 5 heteroatoms. The van der Waals surface area contributed by atoms with E-state index >= 15 is 0 Å². The molecule has 12 heavy (non-hydrogen) atoms. The molecule has 1 aromatic rings. The summed E-state index contributed by atoms with van der Waals surface area (Å²) in [4.78, 5) is 0. The van der Waals surface area contributed by atoms with Gasteiger partial charge in [0.05, 0.1) is 25.7 Å². The SMILES string of the molecule is N#Cc1cc(Cl)c(Cl)c(Cl)c1Cl. The molecule has 0 fully saturated rings. The summed E-state index contributed by atoms with van der Waals surface area (Å²) < 4.78 is 0. The van der Waals surface area contributed by atoms with Crippen LogP contribution in [0.3, 0.4) is 0 Å². The Hall–Kier alpha value is -0.130. The van der Waals surface area contributed by atoms with Crippen LogP contribution in [-0.2, 0) is 0 Å². The quantitative estimate of drug-likeness (QED) is 0.493. The van der Waals surface area contributed by atoms with Crippen molar-refractivity contribution in [1.82, 2.24) is 0 Å². The van der Waals surface area contributed by atoms with Crippen molar-refractivity contribution >= 4 is 46.4 Å². The molecule has 0 heterocycles. The maximum Gasteiger partial charge on any atom is 0.101 e. The second-order valence-electron chi connectivity index (χ2n) is 1.96. The van der Waals surface area contributed by atoms with Crippen LogP contribution in [0.25, 0.3) is 0 Å². The Morgan fingerprint density at radius 2 is 1.58 bits per heavy atom. The summed E-state index contributed by atoms with van der Waals surface area (Å²) in [6, 6.07) is 3.22. The van der Waals surface area contributed by atoms with Gasteiger partial charge in [-0.25, -0.2) is 0 Å². The van der Waals surface area contributed by atoms with Gasteiger partial charge in [0.1, 0.15) is 6.07 Å². The lowest BCUT2D eigenvalue weighted by Gasteiger charge is -2.02. The van der Waals surface area contributed by atoms with E-state index in [1.807, 2.05) is 6.07 Å². The minimum atomic E-state index is 0.113. The van der Waals surface area contributed by atoms with Crippen molar-refractivity contribution in [2.45, 2.75) is 0 Å². The van der Waals surface area contributed by atoms with Gasteiger partial charge >= 0.3 is 0 Å². The predicted octanol–water partition coefficient (Wildman–Crippen LogP) is 4.17. The third-order valence-electron chi connectivity index (χ3n) is 1.22. The molecule has 0 saturated carbocycles. The van der Waals surface area contributed by atoms with E-state index in [-0.39, 0.29) is 25.7 Å². The van der Waals surface area contributed by atoms with Gasteiger partial charge in [-0.05, 0) is 6.07 Å². The Kier molecular flexibility index (Phi) is 3.09. The van der Waals surface area contributed by atoms with Gasteiger partial charge in [0.2, 0.25) is 0 Å². The molecule has 0 aliphatic heterocycles. The predicted molar refractivity (Wildman–Crippen MR) is 51.2 cm³/mol. The zero-order valence-corrected chi connectivity index (χ0v) is 8.56. The summed E-state index contributed by atoms with van der Waals surface area (Å²) in [6.07, 6.45) is 0. The maximum absolute atomic E-state index is 8.56. The molecule has 0 aromatic heterocycles. The van der Waals surface area contributed by atoms with Crippen LogP contribution < -0.4 is 0 Å². The molecule has 0 unspecified atom stereocenters. The van der Waals surface area contributed by atoms with Crippen LogP contribution in [0.5, 0.6) is 0 Å². The van der Waals surface area contributed by atoms with Gasteiger partial charge in [0, 0.05) is 0 Å². The van der Waals surface area contributed by atoms with Crippen molar-refractivity contribution in [3.8, 4) is 6.07 Å². The third-order valence-corrected chi connectivity index (χ3v) is 2.97. The molecular weight excluding hydrogens is 240 g/mol. The summed E-state index contributed by atoms with van der Waals surface area (Å²) in [7, 11) is 0. The van der Waals surface area contributed by atoms with E-state index in [0.29, 0.717) is 0 Å². The summed E-state index contributed by atoms with van der Waals surface area (Å²) in [5.41, 5.74) is 0.219. The van der Waals surface area contributed by atoms with Crippen LogP contribution in [0, 0.1) is 11.3 Å². The van der Waals surface area contributed by atoms with Crippen LogP contribution >= 0.6 is 46.4 Å². The van der Waals surface area contributed by atoms with Gasteiger partial charge in [0.25, 0.3) is 0 Å². The van der Waals surface area contributed by atoms with Gasteiger partial charge in [0.15, 0.2) is 0 Å². The number of nitrogens with zero attached hydrogens (tertiary/aromatic N) is 1. The van der Waals surface area contributed by atoms with E-state index in [0.717, 1.165) is 0 Å². The number of benzene rings is 1. The Labute approximate surface area is 89.4 Å². The van der Waals surface area contributed by atoms with Crippen LogP contribution in [0.4, 0.5) is 0 Å². The first-order valence-corrected chi connectivity index (χ1v) is 4.32. The maximum atomic E-state index is 8.56. The van der Waals surface area contributed by atoms with E-state index < -0.39 is 0 Å². The summed E-state index contributed by atoms with van der Waals surface area (Å²) in [5.74, 6) is 0. The molecule has 0 atom stereocenters. The highest BCUT2D eigenvalue weighted by Crippen LogP contribution is 2.37. The van der Waals surface area contributed by atoms with Crippen LogP contribution in [0.15, 0.2) is 6.07 Å². The van der Waals surface area contributed by atoms with E-state index in [4.69, 9.17) is 51.7 Å².